The van der Waals surface area contributed by atoms with Gasteiger partial charge >= 0.3 is 0 Å². The highest BCUT2D eigenvalue weighted by Crippen LogP contribution is 2.48. The molecule has 5 heteroatoms. The topological polar surface area (TPSA) is 63.2 Å². The van der Waals surface area contributed by atoms with E-state index >= 15 is 0 Å². The van der Waals surface area contributed by atoms with Crippen LogP contribution in [0.2, 0.25) is 0 Å². The summed E-state index contributed by atoms with van der Waals surface area (Å²) in [6.07, 6.45) is 7.12. The summed E-state index contributed by atoms with van der Waals surface area (Å²) >= 11 is 0. The summed E-state index contributed by atoms with van der Waals surface area (Å²) in [7, 11) is -2.97. The number of carbonyl (C=O) groups is 1. The highest BCUT2D eigenvalue weighted by Gasteiger charge is 2.40. The van der Waals surface area contributed by atoms with Crippen molar-refractivity contribution in [3.63, 3.8) is 0 Å². The second-order valence-corrected chi connectivity index (χ2v) is 8.77. The fourth-order valence-corrected chi connectivity index (χ4v) is 5.09. The van der Waals surface area contributed by atoms with Crippen molar-refractivity contribution in [2.45, 2.75) is 44.6 Å². The maximum Gasteiger partial charge on any atom is 0.244 e. The zero-order valence-corrected chi connectivity index (χ0v) is 12.1. The summed E-state index contributed by atoms with van der Waals surface area (Å²) in [5.74, 6) is 1.40. The van der Waals surface area contributed by atoms with Crippen molar-refractivity contribution < 1.29 is 13.2 Å². The van der Waals surface area contributed by atoms with Crippen molar-refractivity contribution in [3.8, 4) is 0 Å². The Labute approximate surface area is 114 Å². The van der Waals surface area contributed by atoms with Gasteiger partial charge in [-0.05, 0) is 50.9 Å². The summed E-state index contributed by atoms with van der Waals surface area (Å²) in [4.78, 5) is 12.1. The molecule has 3 rings (SSSR count). The largest absolute Gasteiger partial charge is 0.346 e. The molecular formula is C14H21NO3S. The molecule has 1 heterocycles. The standard InChI is InChI=1S/C14H21NO3S/c1-14(6-7-19(17,18)9-14)15-13(16)8-12(10-2-3-10)11-4-5-11/h8,10-11H,2-7,9H2,1H3,(H,15,16). The van der Waals surface area contributed by atoms with E-state index in [9.17, 15) is 13.2 Å². The quantitative estimate of drug-likeness (QED) is 0.794. The van der Waals surface area contributed by atoms with Crippen molar-refractivity contribution in [1.29, 1.82) is 0 Å². The van der Waals surface area contributed by atoms with Crippen molar-refractivity contribution in [2.75, 3.05) is 11.5 Å². The van der Waals surface area contributed by atoms with E-state index in [0.29, 0.717) is 18.3 Å². The number of nitrogens with one attached hydrogen (secondary N) is 1. The van der Waals surface area contributed by atoms with Gasteiger partial charge in [-0.15, -0.1) is 0 Å². The van der Waals surface area contributed by atoms with E-state index in [1.54, 1.807) is 6.08 Å². The van der Waals surface area contributed by atoms with Gasteiger partial charge in [0.25, 0.3) is 0 Å². The van der Waals surface area contributed by atoms with Gasteiger partial charge in [0.1, 0.15) is 0 Å². The van der Waals surface area contributed by atoms with Crippen LogP contribution in [0.15, 0.2) is 11.6 Å². The number of allylic oxidation sites excluding steroid dienone is 1. The van der Waals surface area contributed by atoms with E-state index in [0.717, 1.165) is 0 Å². The van der Waals surface area contributed by atoms with Crippen molar-refractivity contribution in [1.82, 2.24) is 5.32 Å². The van der Waals surface area contributed by atoms with E-state index in [1.165, 1.54) is 31.3 Å². The average molecular weight is 283 g/mol. The molecule has 2 aliphatic carbocycles. The number of amides is 1. The lowest BCUT2D eigenvalue weighted by Crippen LogP contribution is -2.46. The zero-order valence-electron chi connectivity index (χ0n) is 11.3. The normalized spacial score (nSPS) is 32.9. The first-order chi connectivity index (χ1) is 8.87. The average Bonchev–Trinajstić information content (AvgIpc) is 3.15. The van der Waals surface area contributed by atoms with E-state index < -0.39 is 15.4 Å². The number of sulfone groups is 1. The molecule has 0 bridgehead atoms. The first kappa shape index (κ1) is 13.2. The third kappa shape index (κ3) is 3.19. The Bertz CT molecular complexity index is 515. The highest BCUT2D eigenvalue weighted by atomic mass is 32.2. The van der Waals surface area contributed by atoms with Crippen molar-refractivity contribution >= 4 is 15.7 Å². The summed E-state index contributed by atoms with van der Waals surface area (Å²) in [5, 5.41) is 2.91. The van der Waals surface area contributed by atoms with Crippen LogP contribution in [0.5, 0.6) is 0 Å². The summed E-state index contributed by atoms with van der Waals surface area (Å²) in [6.45, 7) is 1.83. The Balaban J connectivity index is 1.66. The molecule has 0 aromatic rings. The number of hydrogen-bond donors (Lipinski definition) is 1. The maximum atomic E-state index is 12.1. The van der Waals surface area contributed by atoms with Crippen LogP contribution < -0.4 is 5.32 Å². The Morgan fingerprint density at radius 3 is 2.21 bits per heavy atom. The van der Waals surface area contributed by atoms with Crippen LogP contribution in [0.1, 0.15) is 39.0 Å². The third-order valence-electron chi connectivity index (χ3n) is 4.32. The van der Waals surface area contributed by atoms with Gasteiger partial charge < -0.3 is 5.32 Å². The second kappa shape index (κ2) is 4.33. The van der Waals surface area contributed by atoms with Crippen molar-refractivity contribution in [2.24, 2.45) is 11.8 Å². The van der Waals surface area contributed by atoms with Gasteiger partial charge in [-0.25, -0.2) is 8.42 Å². The Hall–Kier alpha value is -0.840. The Kier molecular flexibility index (Phi) is 3.00. The number of carbonyl (C=O) groups excluding carboxylic acids is 1. The molecule has 0 radical (unpaired) electrons. The molecule has 0 aromatic heterocycles. The van der Waals surface area contributed by atoms with Gasteiger partial charge in [-0.1, -0.05) is 5.57 Å². The smallest absolute Gasteiger partial charge is 0.244 e. The molecule has 0 spiro atoms. The number of hydrogen-bond acceptors (Lipinski definition) is 3. The van der Waals surface area contributed by atoms with Crippen LogP contribution in [-0.4, -0.2) is 31.4 Å². The molecule has 4 nitrogen and oxygen atoms in total. The molecule has 19 heavy (non-hydrogen) atoms. The molecule has 1 N–H and O–H groups in total. The first-order valence-corrected chi connectivity index (χ1v) is 8.93. The highest BCUT2D eigenvalue weighted by molar-refractivity contribution is 7.91. The molecule has 3 aliphatic rings. The lowest BCUT2D eigenvalue weighted by atomic mass is 10.0. The molecule has 1 saturated heterocycles. The minimum absolute atomic E-state index is 0.0712. The molecular weight excluding hydrogens is 262 g/mol. The lowest BCUT2D eigenvalue weighted by Gasteiger charge is -2.23. The molecule has 106 valence electrons. The fourth-order valence-electron chi connectivity index (χ4n) is 3.00. The predicted octanol–water partition coefficient (Wildman–Crippen LogP) is 1.43. The summed E-state index contributed by atoms with van der Waals surface area (Å²) in [5.41, 5.74) is 0.729. The minimum Gasteiger partial charge on any atom is -0.346 e. The second-order valence-electron chi connectivity index (χ2n) is 6.58. The van der Waals surface area contributed by atoms with Crippen LogP contribution in [0.25, 0.3) is 0 Å². The predicted molar refractivity (Wildman–Crippen MR) is 73.3 cm³/mol. The third-order valence-corrected chi connectivity index (χ3v) is 6.23. The molecule has 2 saturated carbocycles. The van der Waals surface area contributed by atoms with Gasteiger partial charge in [0.2, 0.25) is 5.91 Å². The van der Waals surface area contributed by atoms with Gasteiger partial charge in [-0.2, -0.15) is 0 Å². The molecule has 0 aromatic carbocycles. The van der Waals surface area contributed by atoms with E-state index in [2.05, 4.69) is 5.32 Å². The monoisotopic (exact) mass is 283 g/mol. The number of rotatable bonds is 4. The van der Waals surface area contributed by atoms with Crippen LogP contribution >= 0.6 is 0 Å². The van der Waals surface area contributed by atoms with Gasteiger partial charge in [0, 0.05) is 6.08 Å². The lowest BCUT2D eigenvalue weighted by molar-refractivity contribution is -0.118. The molecule has 1 aliphatic heterocycles. The molecule has 3 fully saturated rings. The van der Waals surface area contributed by atoms with Crippen LogP contribution in [0.3, 0.4) is 0 Å². The van der Waals surface area contributed by atoms with Gasteiger partial charge in [0.05, 0.1) is 17.0 Å². The van der Waals surface area contributed by atoms with Gasteiger partial charge in [-0.3, -0.25) is 4.79 Å². The van der Waals surface area contributed by atoms with Crippen LogP contribution in [0, 0.1) is 11.8 Å². The van der Waals surface area contributed by atoms with E-state index in [-0.39, 0.29) is 17.4 Å². The summed E-state index contributed by atoms with van der Waals surface area (Å²) in [6, 6.07) is 0. The van der Waals surface area contributed by atoms with Crippen LogP contribution in [-0.2, 0) is 14.6 Å². The Morgan fingerprint density at radius 1 is 1.21 bits per heavy atom. The van der Waals surface area contributed by atoms with Crippen LogP contribution in [0.4, 0.5) is 0 Å². The van der Waals surface area contributed by atoms with Crippen molar-refractivity contribution in [3.05, 3.63) is 11.6 Å². The SMILES string of the molecule is CC1(NC(=O)C=C(C2CC2)C2CC2)CCS(=O)(=O)C1. The maximum absolute atomic E-state index is 12.1. The fraction of sp³-hybridized carbons (Fsp3) is 0.786. The van der Waals surface area contributed by atoms with E-state index in [1.807, 2.05) is 6.92 Å². The zero-order chi connectivity index (χ0) is 13.7. The molecule has 1 amide bonds. The minimum atomic E-state index is -2.97. The Morgan fingerprint density at radius 2 is 1.79 bits per heavy atom. The van der Waals surface area contributed by atoms with E-state index in [4.69, 9.17) is 0 Å². The van der Waals surface area contributed by atoms with Gasteiger partial charge in [0.15, 0.2) is 9.84 Å². The summed E-state index contributed by atoms with van der Waals surface area (Å²) < 4.78 is 23.0. The molecule has 1 unspecified atom stereocenters. The first-order valence-electron chi connectivity index (χ1n) is 7.11. The molecule has 1 atom stereocenters.